The fraction of sp³-hybridized carbons (Fsp3) is 0.500. The van der Waals surface area contributed by atoms with Crippen LogP contribution in [0.5, 0.6) is 11.5 Å². The zero-order valence-corrected chi connectivity index (χ0v) is 12.9. The van der Waals surface area contributed by atoms with Crippen LogP contribution in [0.25, 0.3) is 0 Å². The zero-order valence-electron chi connectivity index (χ0n) is 12.2. The highest BCUT2D eigenvalue weighted by molar-refractivity contribution is 6.21. The number of nitrogens with zero attached hydrogens (tertiary/aromatic N) is 1. The highest BCUT2D eigenvalue weighted by Crippen LogP contribution is 2.25. The summed E-state index contributed by atoms with van der Waals surface area (Å²) in [6.07, 6.45) is 0. The number of rotatable bonds is 7. The van der Waals surface area contributed by atoms with E-state index < -0.39 is 0 Å². The Balaban J connectivity index is 2.89. The van der Waals surface area contributed by atoms with E-state index >= 15 is 0 Å². The zero-order chi connectivity index (χ0) is 15.1. The van der Waals surface area contributed by atoms with E-state index in [1.807, 2.05) is 0 Å². The average Bonchev–Trinajstić information content (AvgIpc) is 2.45. The van der Waals surface area contributed by atoms with Crippen LogP contribution in [0.15, 0.2) is 18.2 Å². The number of hydrogen-bond donors (Lipinski definition) is 0. The molecule has 1 atom stereocenters. The second kappa shape index (κ2) is 7.97. The molecule has 112 valence electrons. The van der Waals surface area contributed by atoms with Gasteiger partial charge < -0.3 is 19.1 Å². The fourth-order valence-electron chi connectivity index (χ4n) is 1.80. The summed E-state index contributed by atoms with van der Waals surface area (Å²) >= 11 is 6.06. The number of carbonyl (C=O) groups is 1. The minimum absolute atomic E-state index is 0.178. The molecule has 0 bridgehead atoms. The lowest BCUT2D eigenvalue weighted by molar-refractivity contribution is 0.0778. The van der Waals surface area contributed by atoms with Crippen LogP contribution in [-0.4, -0.2) is 57.7 Å². The van der Waals surface area contributed by atoms with E-state index in [1.54, 1.807) is 39.5 Å². The third kappa shape index (κ3) is 4.28. The van der Waals surface area contributed by atoms with Crippen molar-refractivity contribution in [1.82, 2.24) is 4.90 Å². The Labute approximate surface area is 124 Å². The van der Waals surface area contributed by atoms with Gasteiger partial charge in [0.1, 0.15) is 11.5 Å². The van der Waals surface area contributed by atoms with Crippen molar-refractivity contribution >= 4 is 17.5 Å². The number of carbonyl (C=O) groups excluding carboxylic acids is 1. The van der Waals surface area contributed by atoms with Gasteiger partial charge in [-0.25, -0.2) is 0 Å². The molecule has 0 aliphatic carbocycles. The minimum Gasteiger partial charge on any atom is -0.497 e. The van der Waals surface area contributed by atoms with Crippen molar-refractivity contribution in [3.8, 4) is 11.5 Å². The van der Waals surface area contributed by atoms with Gasteiger partial charge >= 0.3 is 0 Å². The number of amides is 1. The van der Waals surface area contributed by atoms with Gasteiger partial charge in [-0.3, -0.25) is 4.79 Å². The van der Waals surface area contributed by atoms with Crippen molar-refractivity contribution in [2.24, 2.45) is 0 Å². The van der Waals surface area contributed by atoms with Gasteiger partial charge in [0.25, 0.3) is 5.91 Å². The number of alkyl halides is 1. The van der Waals surface area contributed by atoms with Crippen LogP contribution in [-0.2, 0) is 4.74 Å². The topological polar surface area (TPSA) is 48.0 Å². The molecular weight excluding hydrogens is 282 g/mol. The molecule has 1 amide bonds. The van der Waals surface area contributed by atoms with E-state index in [2.05, 4.69) is 0 Å². The Kier molecular flexibility index (Phi) is 6.61. The molecule has 0 radical (unpaired) electrons. The monoisotopic (exact) mass is 301 g/mol. The van der Waals surface area contributed by atoms with Gasteiger partial charge in [0, 0.05) is 20.7 Å². The maximum atomic E-state index is 12.4. The second-order valence-corrected chi connectivity index (χ2v) is 4.92. The van der Waals surface area contributed by atoms with Gasteiger partial charge in [0.2, 0.25) is 0 Å². The summed E-state index contributed by atoms with van der Waals surface area (Å²) < 4.78 is 15.3. The average molecular weight is 302 g/mol. The number of halogens is 1. The quantitative estimate of drug-likeness (QED) is 0.723. The highest BCUT2D eigenvalue weighted by Gasteiger charge is 2.19. The molecule has 0 saturated carbocycles. The molecule has 20 heavy (non-hydrogen) atoms. The van der Waals surface area contributed by atoms with Crippen LogP contribution in [0.4, 0.5) is 0 Å². The molecule has 0 N–H and O–H groups in total. The smallest absolute Gasteiger partial charge is 0.257 e. The minimum atomic E-state index is -0.259. The molecule has 0 aromatic heterocycles. The Hall–Kier alpha value is -1.46. The Morgan fingerprint density at radius 3 is 2.55 bits per heavy atom. The molecule has 6 heteroatoms. The Morgan fingerprint density at radius 2 is 2.00 bits per heavy atom. The lowest BCUT2D eigenvalue weighted by atomic mass is 10.1. The molecule has 0 heterocycles. The Bertz CT molecular complexity index is 453. The lowest BCUT2D eigenvalue weighted by Crippen LogP contribution is -2.34. The van der Waals surface area contributed by atoms with Gasteiger partial charge in [-0.05, 0) is 18.2 Å². The van der Waals surface area contributed by atoms with Crippen molar-refractivity contribution in [3.05, 3.63) is 23.8 Å². The van der Waals surface area contributed by atoms with Crippen LogP contribution in [0, 0.1) is 0 Å². The lowest BCUT2D eigenvalue weighted by Gasteiger charge is -2.21. The van der Waals surface area contributed by atoms with Crippen molar-refractivity contribution in [1.29, 1.82) is 0 Å². The summed E-state index contributed by atoms with van der Waals surface area (Å²) in [5.74, 6) is 0.921. The molecule has 5 nitrogen and oxygen atoms in total. The molecule has 1 rings (SSSR count). The third-order valence-electron chi connectivity index (χ3n) is 2.80. The normalized spacial score (nSPS) is 11.8. The maximum Gasteiger partial charge on any atom is 0.257 e. The van der Waals surface area contributed by atoms with E-state index in [0.29, 0.717) is 30.2 Å². The van der Waals surface area contributed by atoms with Gasteiger partial charge in [0.15, 0.2) is 0 Å². The number of ether oxygens (including phenoxy) is 3. The van der Waals surface area contributed by atoms with Crippen molar-refractivity contribution in [2.75, 3.05) is 41.5 Å². The van der Waals surface area contributed by atoms with Crippen molar-refractivity contribution < 1.29 is 19.0 Å². The molecule has 0 aliphatic rings. The van der Waals surface area contributed by atoms with Crippen LogP contribution in [0.3, 0.4) is 0 Å². The van der Waals surface area contributed by atoms with Gasteiger partial charge in [-0.15, -0.1) is 11.6 Å². The van der Waals surface area contributed by atoms with Gasteiger partial charge in [0.05, 0.1) is 31.8 Å². The van der Waals surface area contributed by atoms with E-state index in [-0.39, 0.29) is 11.3 Å². The van der Waals surface area contributed by atoms with Crippen LogP contribution >= 0.6 is 11.6 Å². The van der Waals surface area contributed by atoms with E-state index in [1.165, 1.54) is 12.0 Å². The third-order valence-corrected chi connectivity index (χ3v) is 3.07. The number of hydrogen-bond acceptors (Lipinski definition) is 4. The molecule has 0 aliphatic heterocycles. The predicted octanol–water partition coefficient (Wildman–Crippen LogP) is 2.03. The summed E-state index contributed by atoms with van der Waals surface area (Å²) in [6, 6.07) is 5.09. The van der Waals surface area contributed by atoms with Crippen molar-refractivity contribution in [3.63, 3.8) is 0 Å². The van der Waals surface area contributed by atoms with E-state index in [4.69, 9.17) is 25.8 Å². The van der Waals surface area contributed by atoms with Gasteiger partial charge in [-0.1, -0.05) is 0 Å². The first-order valence-corrected chi connectivity index (χ1v) is 6.57. The summed E-state index contributed by atoms with van der Waals surface area (Å²) in [5, 5.41) is -0.259. The standard InChI is InChI=1S/C14H20ClNO4/c1-16(8-10(15)9-18-2)14(17)12-7-11(19-3)5-6-13(12)20-4/h5-7,10H,8-9H2,1-4H3. The summed E-state index contributed by atoms with van der Waals surface area (Å²) in [7, 11) is 6.33. The predicted molar refractivity (Wildman–Crippen MR) is 78.0 cm³/mol. The first kappa shape index (κ1) is 16.6. The number of methoxy groups -OCH3 is 3. The van der Waals surface area contributed by atoms with E-state index in [9.17, 15) is 4.79 Å². The fourth-order valence-corrected chi connectivity index (χ4v) is 2.13. The van der Waals surface area contributed by atoms with Crippen molar-refractivity contribution in [2.45, 2.75) is 5.38 Å². The van der Waals surface area contributed by atoms with E-state index in [0.717, 1.165) is 0 Å². The maximum absolute atomic E-state index is 12.4. The molecular formula is C14H20ClNO4. The van der Waals surface area contributed by atoms with Crippen LogP contribution < -0.4 is 9.47 Å². The molecule has 1 aromatic carbocycles. The molecule has 0 spiro atoms. The highest BCUT2D eigenvalue weighted by atomic mass is 35.5. The number of benzene rings is 1. The molecule has 0 fully saturated rings. The summed E-state index contributed by atoms with van der Waals surface area (Å²) in [4.78, 5) is 14.0. The largest absolute Gasteiger partial charge is 0.497 e. The second-order valence-electron chi connectivity index (χ2n) is 4.30. The van der Waals surface area contributed by atoms with Crippen LogP contribution in [0.1, 0.15) is 10.4 Å². The molecule has 0 saturated heterocycles. The molecule has 1 aromatic rings. The summed E-state index contributed by atoms with van der Waals surface area (Å²) in [6.45, 7) is 0.767. The van der Waals surface area contributed by atoms with Crippen LogP contribution in [0.2, 0.25) is 0 Å². The Morgan fingerprint density at radius 1 is 1.30 bits per heavy atom. The first-order chi connectivity index (χ1) is 9.53. The SMILES string of the molecule is COCC(Cl)CN(C)C(=O)c1cc(OC)ccc1OC. The first-order valence-electron chi connectivity index (χ1n) is 6.14. The summed E-state index contributed by atoms with van der Waals surface area (Å²) in [5.41, 5.74) is 0.440. The van der Waals surface area contributed by atoms with Gasteiger partial charge in [-0.2, -0.15) is 0 Å². The molecule has 1 unspecified atom stereocenters.